The van der Waals surface area contributed by atoms with Gasteiger partial charge in [-0.1, -0.05) is 224 Å². The van der Waals surface area contributed by atoms with Crippen LogP contribution in [0.2, 0.25) is 0 Å². The zero-order valence-electron chi connectivity index (χ0n) is 46.6. The molecule has 0 saturated carbocycles. The monoisotopic (exact) mass is 1030 g/mol. The van der Waals surface area contributed by atoms with Crippen LogP contribution >= 0.6 is 0 Å². The van der Waals surface area contributed by atoms with Crippen LogP contribution in [0.15, 0.2) is 36.5 Å². The molecule has 0 aliphatic carbocycles. The van der Waals surface area contributed by atoms with Crippen LogP contribution in [-0.2, 0) is 42.9 Å². The van der Waals surface area contributed by atoms with E-state index >= 15 is 0 Å². The largest absolute Gasteiger partial charge is 0.479 e. The van der Waals surface area contributed by atoms with Crippen LogP contribution in [0.5, 0.6) is 0 Å². The maximum absolute atomic E-state index is 13.1. The third-order valence-corrected chi connectivity index (χ3v) is 13.7. The molecule has 12 nitrogen and oxygen atoms in total. The predicted molar refractivity (Wildman–Crippen MR) is 294 cm³/mol. The van der Waals surface area contributed by atoms with Crippen molar-refractivity contribution < 1.29 is 58.2 Å². The number of carbonyl (C=O) groups is 4. The number of esters is 3. The first-order valence-corrected chi connectivity index (χ1v) is 30.0. The summed E-state index contributed by atoms with van der Waals surface area (Å²) >= 11 is 0. The van der Waals surface area contributed by atoms with Gasteiger partial charge in [-0.2, -0.15) is 0 Å². The molecule has 1 heterocycles. The van der Waals surface area contributed by atoms with Crippen molar-refractivity contribution >= 4 is 23.9 Å². The highest BCUT2D eigenvalue weighted by molar-refractivity contribution is 5.74. The Morgan fingerprint density at radius 3 is 1.32 bits per heavy atom. The van der Waals surface area contributed by atoms with Crippen LogP contribution in [0.3, 0.4) is 0 Å². The number of carboxylic acid groups (broad SMARTS) is 1. The number of aliphatic carboxylic acids is 1. The van der Waals surface area contributed by atoms with E-state index in [2.05, 4.69) is 57.2 Å². The van der Waals surface area contributed by atoms with E-state index in [1.807, 2.05) is 0 Å². The zero-order valence-corrected chi connectivity index (χ0v) is 46.6. The van der Waals surface area contributed by atoms with Gasteiger partial charge in [0.15, 0.2) is 24.6 Å². The fourth-order valence-corrected chi connectivity index (χ4v) is 9.05. The van der Waals surface area contributed by atoms with Crippen LogP contribution in [0.25, 0.3) is 0 Å². The lowest BCUT2D eigenvalue weighted by atomic mass is 9.98. The van der Waals surface area contributed by atoms with E-state index in [1.165, 1.54) is 109 Å². The molecule has 0 aromatic carbocycles. The molecular formula is C61H108O12. The highest BCUT2D eigenvalue weighted by atomic mass is 16.7. The van der Waals surface area contributed by atoms with Crippen molar-refractivity contribution in [1.29, 1.82) is 0 Å². The smallest absolute Gasteiger partial charge is 0.335 e. The van der Waals surface area contributed by atoms with Crippen LogP contribution in [0.4, 0.5) is 0 Å². The summed E-state index contributed by atoms with van der Waals surface area (Å²) in [7, 11) is 0. The van der Waals surface area contributed by atoms with Gasteiger partial charge in [-0.3, -0.25) is 14.4 Å². The Kier molecular flexibility index (Phi) is 46.4. The summed E-state index contributed by atoms with van der Waals surface area (Å²) in [5.74, 6) is -3.13. The van der Waals surface area contributed by atoms with Crippen LogP contribution in [-0.4, -0.2) is 89.2 Å². The van der Waals surface area contributed by atoms with E-state index in [1.54, 1.807) is 0 Å². The molecule has 1 aliphatic heterocycles. The minimum Gasteiger partial charge on any atom is -0.479 e. The number of carbonyl (C=O) groups excluding carboxylic acids is 3. The van der Waals surface area contributed by atoms with Gasteiger partial charge in [-0.25, -0.2) is 4.79 Å². The van der Waals surface area contributed by atoms with Gasteiger partial charge < -0.3 is 39.0 Å². The summed E-state index contributed by atoms with van der Waals surface area (Å²) in [6.45, 7) is 5.91. The van der Waals surface area contributed by atoms with Gasteiger partial charge in [0.05, 0.1) is 6.61 Å². The Labute approximate surface area is 444 Å². The maximum atomic E-state index is 13.1. The standard InChI is InChI=1S/C61H108O12/c1-4-7-10-13-16-19-22-25-26-27-28-31-34-37-40-43-46-49-55(64)72-59-57(66)56(65)58(60(67)68)73-61(59)70-51-52(71-54(63)48-45-42-39-36-33-30-24-21-18-15-12-9-6-3)50-69-53(62)47-44-41-38-35-32-29-23-20-17-14-11-8-5-2/h11,14,20-21,23-24,52,56-59,61,65-66H,4-10,12-13,15-19,22,25-51H2,1-3H3,(H,67,68)/b14-11-,23-20-,24-21-. The molecule has 0 bridgehead atoms. The summed E-state index contributed by atoms with van der Waals surface area (Å²) in [5.41, 5.74) is 0. The van der Waals surface area contributed by atoms with Gasteiger partial charge >= 0.3 is 23.9 Å². The topological polar surface area (TPSA) is 175 Å². The minimum absolute atomic E-state index is 0.0635. The molecule has 0 spiro atoms. The summed E-state index contributed by atoms with van der Waals surface area (Å²) in [5, 5.41) is 31.5. The van der Waals surface area contributed by atoms with Gasteiger partial charge in [0.2, 0.25) is 0 Å². The molecule has 1 fully saturated rings. The Balaban J connectivity index is 2.67. The first-order valence-electron chi connectivity index (χ1n) is 30.0. The number of hydrogen-bond acceptors (Lipinski definition) is 11. The van der Waals surface area contributed by atoms with Crippen molar-refractivity contribution in [2.45, 2.75) is 314 Å². The van der Waals surface area contributed by atoms with Crippen molar-refractivity contribution in [3.05, 3.63) is 36.5 Å². The van der Waals surface area contributed by atoms with Crippen LogP contribution < -0.4 is 0 Å². The second-order valence-electron chi connectivity index (χ2n) is 20.6. The number of unbranched alkanes of at least 4 members (excludes halogenated alkanes) is 31. The molecule has 0 amide bonds. The van der Waals surface area contributed by atoms with Crippen molar-refractivity contribution in [2.24, 2.45) is 0 Å². The lowest BCUT2D eigenvalue weighted by Crippen LogP contribution is -2.61. The highest BCUT2D eigenvalue weighted by Crippen LogP contribution is 2.26. The summed E-state index contributed by atoms with van der Waals surface area (Å²) in [6.07, 6.45) is 45.4. The minimum atomic E-state index is -1.90. The Hall–Kier alpha value is -3.06. The second kappa shape index (κ2) is 49.8. The van der Waals surface area contributed by atoms with E-state index in [9.17, 15) is 34.5 Å². The van der Waals surface area contributed by atoms with Crippen molar-refractivity contribution in [2.75, 3.05) is 13.2 Å². The van der Waals surface area contributed by atoms with Gasteiger partial charge in [-0.05, 0) is 70.6 Å². The molecule has 0 aromatic heterocycles. The first kappa shape index (κ1) is 68.0. The number of hydrogen-bond donors (Lipinski definition) is 3. The number of aliphatic hydroxyl groups is 2. The Bertz CT molecular complexity index is 1410. The molecule has 73 heavy (non-hydrogen) atoms. The van der Waals surface area contributed by atoms with E-state index in [0.717, 1.165) is 109 Å². The third kappa shape index (κ3) is 39.9. The molecule has 1 saturated heterocycles. The maximum Gasteiger partial charge on any atom is 0.335 e. The molecule has 3 N–H and O–H groups in total. The van der Waals surface area contributed by atoms with Gasteiger partial charge in [0, 0.05) is 19.3 Å². The molecular weight excluding hydrogens is 925 g/mol. The predicted octanol–water partition coefficient (Wildman–Crippen LogP) is 15.2. The third-order valence-electron chi connectivity index (χ3n) is 13.7. The highest BCUT2D eigenvalue weighted by Gasteiger charge is 2.50. The van der Waals surface area contributed by atoms with Crippen molar-refractivity contribution in [3.8, 4) is 0 Å². The van der Waals surface area contributed by atoms with Gasteiger partial charge in [-0.15, -0.1) is 0 Å². The number of carboxylic acids is 1. The average molecular weight is 1030 g/mol. The Morgan fingerprint density at radius 2 is 0.849 bits per heavy atom. The molecule has 1 aliphatic rings. The fourth-order valence-electron chi connectivity index (χ4n) is 9.05. The van der Waals surface area contributed by atoms with Crippen molar-refractivity contribution in [3.63, 3.8) is 0 Å². The fraction of sp³-hybridized carbons (Fsp3) is 0.836. The molecule has 6 atom stereocenters. The summed E-state index contributed by atoms with van der Waals surface area (Å²) in [4.78, 5) is 51.1. The molecule has 0 radical (unpaired) electrons. The van der Waals surface area contributed by atoms with E-state index in [0.29, 0.717) is 19.3 Å². The lowest BCUT2D eigenvalue weighted by Gasteiger charge is -2.40. The van der Waals surface area contributed by atoms with Crippen LogP contribution in [0.1, 0.15) is 278 Å². The summed E-state index contributed by atoms with van der Waals surface area (Å²) < 4.78 is 28.4. The number of rotatable bonds is 51. The average Bonchev–Trinajstić information content (AvgIpc) is 3.37. The second-order valence-corrected chi connectivity index (χ2v) is 20.6. The quantitative estimate of drug-likeness (QED) is 0.0228. The molecule has 12 heteroatoms. The van der Waals surface area contributed by atoms with E-state index in [4.69, 9.17) is 23.7 Å². The molecule has 1 rings (SSSR count). The molecule has 424 valence electrons. The summed E-state index contributed by atoms with van der Waals surface area (Å²) in [6, 6.07) is 0. The van der Waals surface area contributed by atoms with Gasteiger partial charge in [0.1, 0.15) is 18.8 Å². The molecule has 0 aromatic rings. The zero-order chi connectivity index (χ0) is 53.3. The van der Waals surface area contributed by atoms with E-state index < -0.39 is 67.3 Å². The SMILES string of the molecule is CCC/C=C\C/C=C\CCCCCCCC(=O)OCC(COC1OC(C(=O)O)C(O)C(O)C1OC(=O)CCCCCCCCCCCCCCCCCCC)OC(=O)CCCCCCC/C=C\CCCCCC. The normalized spacial score (nSPS) is 18.5. The van der Waals surface area contributed by atoms with Gasteiger partial charge in [0.25, 0.3) is 0 Å². The number of ether oxygens (including phenoxy) is 5. The van der Waals surface area contributed by atoms with Crippen LogP contribution in [0, 0.1) is 0 Å². The number of aliphatic hydroxyl groups excluding tert-OH is 2. The Morgan fingerprint density at radius 1 is 0.452 bits per heavy atom. The molecule has 6 unspecified atom stereocenters. The van der Waals surface area contributed by atoms with Crippen molar-refractivity contribution in [1.82, 2.24) is 0 Å². The lowest BCUT2D eigenvalue weighted by molar-refractivity contribution is -0.301. The van der Waals surface area contributed by atoms with E-state index in [-0.39, 0.29) is 25.9 Å². The first-order chi connectivity index (χ1) is 35.6. The number of allylic oxidation sites excluding steroid dienone is 6.